The van der Waals surface area contributed by atoms with Crippen molar-refractivity contribution in [3.8, 4) is 0 Å². The highest BCUT2D eigenvalue weighted by atomic mass is 35.5. The first kappa shape index (κ1) is 17.2. The van der Waals surface area contributed by atoms with E-state index in [9.17, 15) is 4.39 Å². The lowest BCUT2D eigenvalue weighted by Crippen LogP contribution is -2.49. The highest BCUT2D eigenvalue weighted by Crippen LogP contribution is 2.18. The molecule has 1 aromatic heterocycles. The molecule has 1 aliphatic heterocycles. The normalized spacial score (nSPS) is 19.4. The third-order valence-electron chi connectivity index (χ3n) is 3.37. The summed E-state index contributed by atoms with van der Waals surface area (Å²) in [5, 5.41) is 3.34. The smallest absolute Gasteiger partial charge is 0.209 e. The largest absolute Gasteiger partial charge is 0.439 e. The van der Waals surface area contributed by atoms with Crippen LogP contribution in [0.3, 0.4) is 0 Å². The Morgan fingerprint density at radius 3 is 3.00 bits per heavy atom. The number of aromatic nitrogens is 1. The quantitative estimate of drug-likeness (QED) is 0.923. The molecule has 0 unspecified atom stereocenters. The molecule has 1 fully saturated rings. The Hall–Kier alpha value is -0.880. The molecule has 7 heteroatoms. The zero-order valence-electron chi connectivity index (χ0n) is 11.1. The highest BCUT2D eigenvalue weighted by molar-refractivity contribution is 5.85. The van der Waals surface area contributed by atoms with E-state index in [1.807, 2.05) is 0 Å². The number of benzene rings is 1. The van der Waals surface area contributed by atoms with Crippen molar-refractivity contribution in [3.05, 3.63) is 29.9 Å². The number of oxazole rings is 1. The first-order valence-electron chi connectivity index (χ1n) is 6.22. The lowest BCUT2D eigenvalue weighted by atomic mass is 10.2. The van der Waals surface area contributed by atoms with Gasteiger partial charge in [-0.1, -0.05) is 0 Å². The molecular weight excluding hydrogens is 304 g/mol. The lowest BCUT2D eigenvalue weighted by molar-refractivity contribution is 0.152. The number of piperazine rings is 1. The summed E-state index contributed by atoms with van der Waals surface area (Å²) >= 11 is 0. The molecule has 1 N–H and O–H groups in total. The molecule has 0 saturated carbocycles. The Morgan fingerprint density at radius 2 is 2.25 bits per heavy atom. The van der Waals surface area contributed by atoms with Crippen LogP contribution in [-0.4, -0.2) is 35.6 Å². The molecule has 3 rings (SSSR count). The first-order chi connectivity index (χ1) is 8.72. The molecule has 0 radical (unpaired) electrons. The summed E-state index contributed by atoms with van der Waals surface area (Å²) in [6, 6.07) is 4.89. The first-order valence-corrected chi connectivity index (χ1v) is 6.22. The van der Waals surface area contributed by atoms with Crippen molar-refractivity contribution in [2.24, 2.45) is 0 Å². The fourth-order valence-electron chi connectivity index (χ4n) is 2.31. The molecule has 1 atom stereocenters. The SMILES string of the molecule is C[C@H]1CNCCN1Cc1nc2cc(F)ccc2o1.Cl.Cl. The second-order valence-electron chi connectivity index (χ2n) is 4.74. The van der Waals surface area contributed by atoms with Crippen LogP contribution in [0.2, 0.25) is 0 Å². The minimum atomic E-state index is -0.280. The summed E-state index contributed by atoms with van der Waals surface area (Å²) in [5.41, 5.74) is 1.24. The fraction of sp³-hybridized carbons (Fsp3) is 0.462. The number of rotatable bonds is 2. The van der Waals surface area contributed by atoms with Crippen LogP contribution < -0.4 is 5.32 Å². The number of nitrogens with one attached hydrogen (secondary N) is 1. The van der Waals surface area contributed by atoms with Crippen LogP contribution in [0.4, 0.5) is 4.39 Å². The predicted molar refractivity (Wildman–Crippen MR) is 81.2 cm³/mol. The zero-order chi connectivity index (χ0) is 12.5. The predicted octanol–water partition coefficient (Wildman–Crippen LogP) is 2.60. The lowest BCUT2D eigenvalue weighted by Gasteiger charge is -2.32. The van der Waals surface area contributed by atoms with Crippen molar-refractivity contribution in [3.63, 3.8) is 0 Å². The zero-order valence-corrected chi connectivity index (χ0v) is 12.8. The van der Waals surface area contributed by atoms with Gasteiger partial charge in [-0.15, -0.1) is 24.8 Å². The van der Waals surface area contributed by atoms with Gasteiger partial charge in [0.15, 0.2) is 5.58 Å². The summed E-state index contributed by atoms with van der Waals surface area (Å²) in [7, 11) is 0. The maximum Gasteiger partial charge on any atom is 0.209 e. The van der Waals surface area contributed by atoms with Crippen LogP contribution in [0.1, 0.15) is 12.8 Å². The number of hydrogen-bond donors (Lipinski definition) is 1. The van der Waals surface area contributed by atoms with Gasteiger partial charge in [-0.2, -0.15) is 0 Å². The van der Waals surface area contributed by atoms with Gasteiger partial charge in [0.2, 0.25) is 5.89 Å². The van der Waals surface area contributed by atoms with E-state index in [2.05, 4.69) is 22.1 Å². The second kappa shape index (κ2) is 7.22. The monoisotopic (exact) mass is 321 g/mol. The second-order valence-corrected chi connectivity index (χ2v) is 4.74. The van der Waals surface area contributed by atoms with Crippen LogP contribution >= 0.6 is 24.8 Å². The Kier molecular flexibility index (Phi) is 6.20. The van der Waals surface area contributed by atoms with E-state index in [1.165, 1.54) is 12.1 Å². The van der Waals surface area contributed by atoms with Gasteiger partial charge in [0.25, 0.3) is 0 Å². The molecule has 20 heavy (non-hydrogen) atoms. The van der Waals surface area contributed by atoms with E-state index < -0.39 is 0 Å². The van der Waals surface area contributed by atoms with Crippen molar-refractivity contribution >= 4 is 35.9 Å². The summed E-state index contributed by atoms with van der Waals surface area (Å²) < 4.78 is 18.7. The van der Waals surface area contributed by atoms with Crippen LogP contribution in [0, 0.1) is 5.82 Å². The van der Waals surface area contributed by atoms with Gasteiger partial charge in [-0.05, 0) is 19.1 Å². The van der Waals surface area contributed by atoms with Gasteiger partial charge in [0.05, 0.1) is 6.54 Å². The summed E-state index contributed by atoms with van der Waals surface area (Å²) in [6.07, 6.45) is 0. The van der Waals surface area contributed by atoms with Crippen molar-refractivity contribution in [1.29, 1.82) is 0 Å². The van der Waals surface area contributed by atoms with Crippen molar-refractivity contribution < 1.29 is 8.81 Å². The van der Waals surface area contributed by atoms with Crippen LogP contribution in [0.15, 0.2) is 22.6 Å². The van der Waals surface area contributed by atoms with Gasteiger partial charge >= 0.3 is 0 Å². The van der Waals surface area contributed by atoms with E-state index in [-0.39, 0.29) is 30.6 Å². The Bertz CT molecular complexity index is 564. The van der Waals surface area contributed by atoms with Crippen LogP contribution in [-0.2, 0) is 6.54 Å². The van der Waals surface area contributed by atoms with Crippen molar-refractivity contribution in [1.82, 2.24) is 15.2 Å². The van der Waals surface area contributed by atoms with E-state index in [0.717, 1.165) is 19.6 Å². The Morgan fingerprint density at radius 1 is 1.45 bits per heavy atom. The van der Waals surface area contributed by atoms with E-state index in [0.29, 0.717) is 29.6 Å². The molecule has 4 nitrogen and oxygen atoms in total. The maximum atomic E-state index is 13.1. The molecule has 112 valence electrons. The number of halogens is 3. The average Bonchev–Trinajstić information content (AvgIpc) is 2.73. The molecule has 2 heterocycles. The van der Waals surface area contributed by atoms with Crippen LogP contribution in [0.25, 0.3) is 11.1 Å². The number of fused-ring (bicyclic) bond motifs is 1. The topological polar surface area (TPSA) is 41.3 Å². The molecule has 1 aromatic carbocycles. The van der Waals surface area contributed by atoms with E-state index in [1.54, 1.807) is 6.07 Å². The average molecular weight is 322 g/mol. The van der Waals surface area contributed by atoms with Crippen molar-refractivity contribution in [2.45, 2.75) is 19.5 Å². The molecule has 0 bridgehead atoms. The summed E-state index contributed by atoms with van der Waals surface area (Å²) in [5.74, 6) is 0.377. The summed E-state index contributed by atoms with van der Waals surface area (Å²) in [6.45, 7) is 5.80. The van der Waals surface area contributed by atoms with Gasteiger partial charge in [0, 0.05) is 31.7 Å². The number of hydrogen-bond acceptors (Lipinski definition) is 4. The van der Waals surface area contributed by atoms with E-state index in [4.69, 9.17) is 4.42 Å². The minimum absolute atomic E-state index is 0. The molecule has 1 saturated heterocycles. The molecule has 2 aromatic rings. The third kappa shape index (κ3) is 3.61. The van der Waals surface area contributed by atoms with Crippen LogP contribution in [0.5, 0.6) is 0 Å². The Labute approximate surface area is 129 Å². The molecule has 0 spiro atoms. The third-order valence-corrected chi connectivity index (χ3v) is 3.37. The molecular formula is C13H18Cl2FN3O. The van der Waals surface area contributed by atoms with Gasteiger partial charge in [-0.25, -0.2) is 9.37 Å². The van der Waals surface area contributed by atoms with Gasteiger partial charge in [0.1, 0.15) is 11.3 Å². The molecule has 1 aliphatic rings. The Balaban J connectivity index is 0.000001000. The van der Waals surface area contributed by atoms with Gasteiger partial charge < -0.3 is 9.73 Å². The summed E-state index contributed by atoms with van der Waals surface area (Å²) in [4.78, 5) is 6.65. The number of nitrogens with zero attached hydrogens (tertiary/aromatic N) is 2. The minimum Gasteiger partial charge on any atom is -0.439 e. The van der Waals surface area contributed by atoms with E-state index >= 15 is 0 Å². The molecule has 0 amide bonds. The van der Waals surface area contributed by atoms with Crippen molar-refractivity contribution in [2.75, 3.05) is 19.6 Å². The van der Waals surface area contributed by atoms with Gasteiger partial charge in [-0.3, -0.25) is 4.90 Å². The highest BCUT2D eigenvalue weighted by Gasteiger charge is 2.20. The maximum absolute atomic E-state index is 13.1. The molecule has 0 aliphatic carbocycles. The standard InChI is InChI=1S/C13H16FN3O.2ClH/c1-9-7-15-4-5-17(9)8-13-16-11-6-10(14)2-3-12(11)18-13;;/h2-3,6,9,15H,4-5,7-8H2,1H3;2*1H/t9-;;/m0../s1. The fourth-order valence-corrected chi connectivity index (χ4v) is 2.31.